The second kappa shape index (κ2) is 5.81. The molecule has 6 nitrogen and oxygen atoms in total. The van der Waals surface area contributed by atoms with Gasteiger partial charge in [0.05, 0.1) is 19.2 Å². The van der Waals surface area contributed by atoms with Crippen LogP contribution in [0.3, 0.4) is 0 Å². The van der Waals surface area contributed by atoms with Crippen LogP contribution in [0.5, 0.6) is 5.75 Å². The van der Waals surface area contributed by atoms with Gasteiger partial charge in [0.25, 0.3) is 0 Å². The quantitative estimate of drug-likeness (QED) is 0.861. The molecule has 0 unspecified atom stereocenters. The fourth-order valence-corrected chi connectivity index (χ4v) is 1.39. The molecule has 0 saturated heterocycles. The third-order valence-corrected chi connectivity index (χ3v) is 2.21. The SMILES string of the molecule is Cn1ncc(NC(=O)CCOc2ccccc2)n1. The predicted octanol–water partition coefficient (Wildman–Crippen LogP) is 1.22. The summed E-state index contributed by atoms with van der Waals surface area (Å²) in [6.45, 7) is 0.329. The van der Waals surface area contributed by atoms with Gasteiger partial charge in [-0.1, -0.05) is 18.2 Å². The first-order valence-electron chi connectivity index (χ1n) is 5.58. The van der Waals surface area contributed by atoms with E-state index in [9.17, 15) is 4.79 Å². The molecule has 6 heteroatoms. The van der Waals surface area contributed by atoms with Crippen molar-refractivity contribution in [1.82, 2.24) is 15.0 Å². The maximum absolute atomic E-state index is 11.5. The number of nitrogens with zero attached hydrogens (tertiary/aromatic N) is 3. The molecule has 0 saturated carbocycles. The molecule has 0 fully saturated rings. The Morgan fingerprint density at radius 3 is 2.83 bits per heavy atom. The molecule has 0 spiro atoms. The van der Waals surface area contributed by atoms with Gasteiger partial charge >= 0.3 is 0 Å². The Balaban J connectivity index is 1.72. The summed E-state index contributed by atoms with van der Waals surface area (Å²) in [5.74, 6) is 1.05. The molecule has 0 aliphatic carbocycles. The molecule has 18 heavy (non-hydrogen) atoms. The van der Waals surface area contributed by atoms with E-state index in [4.69, 9.17) is 4.74 Å². The van der Waals surface area contributed by atoms with Gasteiger partial charge < -0.3 is 10.1 Å². The summed E-state index contributed by atoms with van der Waals surface area (Å²) >= 11 is 0. The van der Waals surface area contributed by atoms with E-state index in [1.165, 1.54) is 11.0 Å². The molecule has 2 aromatic rings. The summed E-state index contributed by atoms with van der Waals surface area (Å²) in [5.41, 5.74) is 0. The molecule has 2 rings (SSSR count). The van der Waals surface area contributed by atoms with Crippen molar-refractivity contribution in [3.05, 3.63) is 36.5 Å². The van der Waals surface area contributed by atoms with Crippen molar-refractivity contribution in [2.45, 2.75) is 6.42 Å². The minimum atomic E-state index is -0.147. The van der Waals surface area contributed by atoms with Crippen LogP contribution < -0.4 is 10.1 Å². The Bertz CT molecular complexity index is 510. The van der Waals surface area contributed by atoms with Gasteiger partial charge in [-0.05, 0) is 12.1 Å². The third kappa shape index (κ3) is 3.58. The first-order valence-corrected chi connectivity index (χ1v) is 5.58. The van der Waals surface area contributed by atoms with Crippen LogP contribution in [0.15, 0.2) is 36.5 Å². The third-order valence-electron chi connectivity index (χ3n) is 2.21. The molecular formula is C12H14N4O2. The first kappa shape index (κ1) is 12.1. The standard InChI is InChI=1S/C12H14N4O2/c1-16-13-9-11(15-16)14-12(17)7-8-18-10-5-3-2-4-6-10/h2-6,9H,7-8H2,1H3,(H,14,15,17). The van der Waals surface area contributed by atoms with E-state index in [1.54, 1.807) is 7.05 Å². The number of ether oxygens (including phenoxy) is 1. The van der Waals surface area contributed by atoms with Crippen LogP contribution in [0.25, 0.3) is 0 Å². The Morgan fingerprint density at radius 2 is 2.17 bits per heavy atom. The normalized spacial score (nSPS) is 10.1. The van der Waals surface area contributed by atoms with Crippen LogP contribution in [-0.4, -0.2) is 27.5 Å². The maximum Gasteiger partial charge on any atom is 0.229 e. The number of carbonyl (C=O) groups is 1. The Hall–Kier alpha value is -2.37. The zero-order valence-corrected chi connectivity index (χ0v) is 10.0. The largest absolute Gasteiger partial charge is 0.493 e. The molecule has 0 aliphatic rings. The Kier molecular flexibility index (Phi) is 3.90. The minimum Gasteiger partial charge on any atom is -0.493 e. The maximum atomic E-state index is 11.5. The lowest BCUT2D eigenvalue weighted by molar-refractivity contribution is -0.116. The van der Waals surface area contributed by atoms with Crippen LogP contribution in [0, 0.1) is 0 Å². The first-order chi connectivity index (χ1) is 8.74. The van der Waals surface area contributed by atoms with E-state index >= 15 is 0 Å². The molecule has 0 aliphatic heterocycles. The lowest BCUT2D eigenvalue weighted by atomic mass is 10.3. The molecule has 0 bridgehead atoms. The molecule has 1 aromatic heterocycles. The highest BCUT2D eigenvalue weighted by Crippen LogP contribution is 2.08. The van der Waals surface area contributed by atoms with Gasteiger partial charge in [-0.2, -0.15) is 9.90 Å². The number of aromatic nitrogens is 3. The number of para-hydroxylation sites is 1. The molecule has 1 amide bonds. The van der Waals surface area contributed by atoms with Gasteiger partial charge in [-0.15, -0.1) is 5.10 Å². The fraction of sp³-hybridized carbons (Fsp3) is 0.250. The smallest absolute Gasteiger partial charge is 0.229 e. The number of aryl methyl sites for hydroxylation is 1. The van der Waals surface area contributed by atoms with Crippen LogP contribution in [0.4, 0.5) is 5.82 Å². The van der Waals surface area contributed by atoms with Gasteiger partial charge in [0, 0.05) is 7.05 Å². The zero-order chi connectivity index (χ0) is 12.8. The average molecular weight is 246 g/mol. The molecule has 0 radical (unpaired) electrons. The number of benzene rings is 1. The van der Waals surface area contributed by atoms with E-state index in [2.05, 4.69) is 15.5 Å². The Morgan fingerprint density at radius 1 is 1.39 bits per heavy atom. The Labute approximate surface area is 105 Å². The van der Waals surface area contributed by atoms with E-state index in [0.717, 1.165) is 5.75 Å². The second-order valence-corrected chi connectivity index (χ2v) is 3.68. The monoisotopic (exact) mass is 246 g/mol. The zero-order valence-electron chi connectivity index (χ0n) is 10.0. The average Bonchev–Trinajstić information content (AvgIpc) is 2.76. The van der Waals surface area contributed by atoms with Gasteiger partial charge in [0.1, 0.15) is 5.75 Å². The van der Waals surface area contributed by atoms with Gasteiger partial charge in [0.15, 0.2) is 5.82 Å². The van der Waals surface area contributed by atoms with Crippen LogP contribution in [0.1, 0.15) is 6.42 Å². The molecule has 1 aromatic carbocycles. The number of hydrogen-bond acceptors (Lipinski definition) is 4. The second-order valence-electron chi connectivity index (χ2n) is 3.68. The number of nitrogens with one attached hydrogen (secondary N) is 1. The van der Waals surface area contributed by atoms with Gasteiger partial charge in [0.2, 0.25) is 5.91 Å². The molecule has 94 valence electrons. The van der Waals surface area contributed by atoms with Gasteiger partial charge in [-0.25, -0.2) is 0 Å². The topological polar surface area (TPSA) is 69.0 Å². The highest BCUT2D eigenvalue weighted by molar-refractivity contribution is 5.89. The van der Waals surface area contributed by atoms with Crippen molar-refractivity contribution in [2.75, 3.05) is 11.9 Å². The fourth-order valence-electron chi connectivity index (χ4n) is 1.39. The summed E-state index contributed by atoms with van der Waals surface area (Å²) < 4.78 is 5.42. The molecule has 1 heterocycles. The molecule has 0 atom stereocenters. The molecule has 1 N–H and O–H groups in total. The highest BCUT2D eigenvalue weighted by atomic mass is 16.5. The van der Waals surface area contributed by atoms with Crippen molar-refractivity contribution in [2.24, 2.45) is 7.05 Å². The summed E-state index contributed by atoms with van der Waals surface area (Å²) in [4.78, 5) is 12.9. The molecular weight excluding hydrogens is 232 g/mol. The van der Waals surface area contributed by atoms with Gasteiger partial charge in [-0.3, -0.25) is 4.79 Å². The lowest BCUT2D eigenvalue weighted by Crippen LogP contribution is -2.15. The number of hydrogen-bond donors (Lipinski definition) is 1. The van der Waals surface area contributed by atoms with Crippen LogP contribution in [-0.2, 0) is 11.8 Å². The van der Waals surface area contributed by atoms with Crippen molar-refractivity contribution < 1.29 is 9.53 Å². The lowest BCUT2D eigenvalue weighted by Gasteiger charge is -2.05. The van der Waals surface area contributed by atoms with Crippen molar-refractivity contribution in [3.63, 3.8) is 0 Å². The van der Waals surface area contributed by atoms with Crippen LogP contribution >= 0.6 is 0 Å². The van der Waals surface area contributed by atoms with E-state index < -0.39 is 0 Å². The van der Waals surface area contributed by atoms with Crippen LogP contribution in [0.2, 0.25) is 0 Å². The summed E-state index contributed by atoms with van der Waals surface area (Å²) in [6.07, 6.45) is 1.77. The number of anilines is 1. The number of amides is 1. The van der Waals surface area contributed by atoms with E-state index in [0.29, 0.717) is 12.4 Å². The number of rotatable bonds is 5. The van der Waals surface area contributed by atoms with E-state index in [-0.39, 0.29) is 12.3 Å². The highest BCUT2D eigenvalue weighted by Gasteiger charge is 2.05. The predicted molar refractivity (Wildman–Crippen MR) is 66.2 cm³/mol. The van der Waals surface area contributed by atoms with E-state index in [1.807, 2.05) is 30.3 Å². The summed E-state index contributed by atoms with van der Waals surface area (Å²) in [6, 6.07) is 9.37. The van der Waals surface area contributed by atoms with Crippen molar-refractivity contribution in [1.29, 1.82) is 0 Å². The van der Waals surface area contributed by atoms with Crippen molar-refractivity contribution in [3.8, 4) is 5.75 Å². The number of carbonyl (C=O) groups excluding carboxylic acids is 1. The summed E-state index contributed by atoms with van der Waals surface area (Å²) in [7, 11) is 1.69. The summed E-state index contributed by atoms with van der Waals surface area (Å²) in [5, 5.41) is 10.4. The minimum absolute atomic E-state index is 0.147. The van der Waals surface area contributed by atoms with Crippen molar-refractivity contribution >= 4 is 11.7 Å².